The number of carbonyl (C=O) groups excluding carboxylic acids is 1. The molecule has 14 heavy (non-hydrogen) atoms. The van der Waals surface area contributed by atoms with Crippen LogP contribution >= 0.6 is 0 Å². The summed E-state index contributed by atoms with van der Waals surface area (Å²) in [4.78, 5) is 11.5. The number of carbonyl (C=O) groups is 1. The average Bonchev–Trinajstić information content (AvgIpc) is 2.48. The summed E-state index contributed by atoms with van der Waals surface area (Å²) in [5.74, 6) is 1.84. The third-order valence-corrected chi connectivity index (χ3v) is 1.99. The minimum Gasteiger partial charge on any atom is -0.459 e. The first-order valence-corrected chi connectivity index (χ1v) is 4.81. The molecule has 1 aliphatic rings. The van der Waals surface area contributed by atoms with Crippen molar-refractivity contribution in [2.75, 3.05) is 0 Å². The van der Waals surface area contributed by atoms with E-state index < -0.39 is 5.60 Å². The fraction of sp³-hybridized carbons (Fsp3) is 0.778. The van der Waals surface area contributed by atoms with Crippen molar-refractivity contribution in [2.24, 2.45) is 0 Å². The van der Waals surface area contributed by atoms with Crippen molar-refractivity contribution in [1.29, 1.82) is 5.26 Å². The van der Waals surface area contributed by atoms with Gasteiger partial charge in [-0.15, -0.1) is 0 Å². The van der Waals surface area contributed by atoms with Crippen LogP contribution in [0.4, 0.5) is 0 Å². The van der Waals surface area contributed by atoms with Crippen LogP contribution in [0.15, 0.2) is 0 Å². The van der Waals surface area contributed by atoms with Gasteiger partial charge in [-0.1, -0.05) is 0 Å². The van der Waals surface area contributed by atoms with E-state index in [4.69, 9.17) is 10.00 Å². The molecule has 76 valence electrons. The molecule has 0 saturated carbocycles. The molecule has 0 spiro atoms. The van der Waals surface area contributed by atoms with Crippen LogP contribution in [0, 0.1) is 11.2 Å². The van der Waals surface area contributed by atoms with E-state index in [9.17, 15) is 4.79 Å². The molecule has 1 N–H and O–H groups in total. The maximum Gasteiger partial charge on any atom is 0.346 e. The predicted molar refractivity (Wildman–Crippen MR) is 53.6 cm³/mol. The molecule has 1 saturated heterocycles. The zero-order valence-corrected chi connectivity index (χ0v) is 8.83. The average molecular weight is 194 g/mol. The molecule has 0 radical (unpaired) electrons. The van der Waals surface area contributed by atoms with Crippen molar-refractivity contribution in [3.63, 3.8) is 0 Å². The van der Waals surface area contributed by atoms with Gasteiger partial charge in [0.25, 0.3) is 0 Å². The highest BCUT2D eigenvalue weighted by molar-refractivity contribution is 6.65. The molecule has 0 aromatic carbocycles. The van der Waals surface area contributed by atoms with Crippen LogP contribution in [0.25, 0.3) is 0 Å². The first-order chi connectivity index (χ1) is 6.42. The highest BCUT2D eigenvalue weighted by atomic mass is 16.6. The third-order valence-electron chi connectivity index (χ3n) is 1.99. The van der Waals surface area contributed by atoms with Crippen LogP contribution in [-0.2, 0) is 9.53 Å². The summed E-state index contributed by atoms with van der Waals surface area (Å²) in [6, 6.07) is -0.307. The molecule has 1 atom stereocenters. The summed E-state index contributed by atoms with van der Waals surface area (Å²) in [5, 5.41) is 11.6. The van der Waals surface area contributed by atoms with E-state index >= 15 is 0 Å². The Bertz CT molecular complexity index is 267. The molecule has 0 amide bonds. The Kier molecular flexibility index (Phi) is 3.17. The number of esters is 1. The number of nitriles is 1. The van der Waals surface area contributed by atoms with Gasteiger partial charge in [0, 0.05) is 5.97 Å². The molecule has 0 aromatic heterocycles. The lowest BCUT2D eigenvalue weighted by Crippen LogP contribution is -2.41. The largest absolute Gasteiger partial charge is 0.459 e. The van der Waals surface area contributed by atoms with Gasteiger partial charge in [0.2, 0.25) is 0 Å². The molecule has 1 heterocycles. The first-order valence-electron chi connectivity index (χ1n) is 4.81. The molecule has 1 fully saturated rings. The third kappa shape index (κ3) is 3.04. The highest BCUT2D eigenvalue weighted by Crippen LogP contribution is 2.15. The number of ether oxygens (including phenoxy) is 1. The summed E-state index contributed by atoms with van der Waals surface area (Å²) in [5.41, 5.74) is -0.455. The highest BCUT2D eigenvalue weighted by Gasteiger charge is 2.34. The number of hydrogen-bond acceptors (Lipinski definition) is 4. The summed E-state index contributed by atoms with van der Waals surface area (Å²) >= 11 is 0. The van der Waals surface area contributed by atoms with Gasteiger partial charge in [0.15, 0.2) is 0 Å². The summed E-state index contributed by atoms with van der Waals surface area (Å²) in [6.45, 7) is 5.30. The van der Waals surface area contributed by atoms with Crippen LogP contribution in [0.3, 0.4) is 0 Å². The molecule has 0 bridgehead atoms. The lowest BCUT2D eigenvalue weighted by Gasteiger charge is -2.22. The topological polar surface area (TPSA) is 62.1 Å². The van der Waals surface area contributed by atoms with Gasteiger partial charge in [0.1, 0.15) is 5.60 Å². The molecule has 1 aliphatic heterocycles. The Morgan fingerprint density at radius 2 is 2.29 bits per heavy atom. The summed E-state index contributed by atoms with van der Waals surface area (Å²) < 4.78 is 5.20. The van der Waals surface area contributed by atoms with Crippen molar-refractivity contribution in [2.45, 2.75) is 45.2 Å². The van der Waals surface area contributed by atoms with Crippen LogP contribution in [0.5, 0.6) is 0 Å². The van der Waals surface area contributed by atoms with E-state index in [2.05, 4.69) is 11.2 Å². The normalized spacial score (nSPS) is 21.9. The zero-order chi connectivity index (χ0) is 10.8. The van der Waals surface area contributed by atoms with Crippen molar-refractivity contribution in [3.8, 4) is 5.97 Å². The van der Waals surface area contributed by atoms with Crippen molar-refractivity contribution >= 4 is 12.8 Å². The maximum absolute atomic E-state index is 11.5. The minimum atomic E-state index is -0.455. The van der Waals surface area contributed by atoms with Crippen LogP contribution < -0.4 is 5.23 Å². The second-order valence-corrected chi connectivity index (χ2v) is 4.51. The predicted octanol–water partition coefficient (Wildman–Crippen LogP) is 0.744. The van der Waals surface area contributed by atoms with E-state index in [0.29, 0.717) is 6.42 Å². The van der Waals surface area contributed by atoms with E-state index in [0.717, 1.165) is 6.32 Å². The number of nitrogens with one attached hydrogen (secondary N) is 1. The van der Waals surface area contributed by atoms with Crippen molar-refractivity contribution < 1.29 is 9.53 Å². The van der Waals surface area contributed by atoms with Crippen LogP contribution in [-0.4, -0.2) is 24.5 Å². The lowest BCUT2D eigenvalue weighted by atomic mass is 9.64. The van der Waals surface area contributed by atoms with E-state index in [1.54, 1.807) is 0 Å². The fourth-order valence-electron chi connectivity index (χ4n) is 1.40. The molecule has 1 rings (SSSR count). The Hall–Kier alpha value is -1.02. The Labute approximate surface area is 84.7 Å². The molecule has 0 aliphatic carbocycles. The van der Waals surface area contributed by atoms with Crippen molar-refractivity contribution in [3.05, 3.63) is 0 Å². The van der Waals surface area contributed by atoms with Gasteiger partial charge < -0.3 is 9.96 Å². The van der Waals surface area contributed by atoms with E-state index in [-0.39, 0.29) is 18.9 Å². The Balaban J connectivity index is 2.45. The monoisotopic (exact) mass is 194 g/mol. The quantitative estimate of drug-likeness (QED) is 0.494. The van der Waals surface area contributed by atoms with Crippen LogP contribution in [0.1, 0.15) is 27.2 Å². The maximum atomic E-state index is 11.5. The van der Waals surface area contributed by atoms with Gasteiger partial charge in [-0.25, -0.2) is 5.26 Å². The fourth-order valence-corrected chi connectivity index (χ4v) is 1.40. The molecule has 0 aromatic rings. The van der Waals surface area contributed by atoms with E-state index in [1.807, 2.05) is 20.8 Å². The minimum absolute atomic E-state index is 0.201. The van der Waals surface area contributed by atoms with Crippen molar-refractivity contribution in [1.82, 2.24) is 5.23 Å². The van der Waals surface area contributed by atoms with E-state index in [1.165, 1.54) is 0 Å². The van der Waals surface area contributed by atoms with Gasteiger partial charge in [-0.2, -0.15) is 0 Å². The Morgan fingerprint density at radius 3 is 2.71 bits per heavy atom. The molecular formula is C9H15BN2O2. The van der Waals surface area contributed by atoms with Crippen LogP contribution in [0.2, 0.25) is 6.32 Å². The second-order valence-electron chi connectivity index (χ2n) is 4.51. The van der Waals surface area contributed by atoms with Gasteiger partial charge in [-0.05, 0) is 33.5 Å². The SMILES string of the molecule is CC(C)(C)OC(=O)C1CCB(C#N)N1. The van der Waals surface area contributed by atoms with Gasteiger partial charge >= 0.3 is 12.8 Å². The standard InChI is InChI=1S/C9H15BN2O2/c1-9(2,3)14-8(13)7-4-5-10(6-11)12-7/h7,12H,4-5H2,1-3H3. The zero-order valence-electron chi connectivity index (χ0n) is 8.83. The summed E-state index contributed by atoms with van der Waals surface area (Å²) in [6.07, 6.45) is 1.41. The molecule has 1 unspecified atom stereocenters. The number of nitrogens with zero attached hydrogens (tertiary/aromatic N) is 1. The summed E-state index contributed by atoms with van der Waals surface area (Å²) in [7, 11) is 0. The van der Waals surface area contributed by atoms with Gasteiger partial charge in [-0.3, -0.25) is 4.79 Å². The first kappa shape index (κ1) is 11.1. The Morgan fingerprint density at radius 1 is 1.64 bits per heavy atom. The lowest BCUT2D eigenvalue weighted by molar-refractivity contribution is -0.156. The number of hydrogen-bond donors (Lipinski definition) is 1. The molecule has 5 heteroatoms. The smallest absolute Gasteiger partial charge is 0.346 e. The van der Waals surface area contributed by atoms with Gasteiger partial charge in [0.05, 0.1) is 6.04 Å². The molecule has 4 nitrogen and oxygen atoms in total. The molecular weight excluding hydrogens is 179 g/mol. The number of rotatable bonds is 1. The second kappa shape index (κ2) is 4.01.